The van der Waals surface area contributed by atoms with Crippen molar-refractivity contribution in [1.82, 2.24) is 10.2 Å². The highest BCUT2D eigenvalue weighted by molar-refractivity contribution is 4.83. The quantitative estimate of drug-likeness (QED) is 0.664. The normalized spacial score (nSPS) is 18.8. The number of hydrogen-bond acceptors (Lipinski definition) is 2. The lowest BCUT2D eigenvalue weighted by Gasteiger charge is -2.34. The van der Waals surface area contributed by atoms with Crippen LogP contribution >= 0.6 is 0 Å². The van der Waals surface area contributed by atoms with Gasteiger partial charge in [0.2, 0.25) is 0 Å². The van der Waals surface area contributed by atoms with Gasteiger partial charge in [0.25, 0.3) is 0 Å². The van der Waals surface area contributed by atoms with Gasteiger partial charge in [-0.05, 0) is 37.8 Å². The molecule has 1 fully saturated rings. The molecule has 0 aliphatic heterocycles. The molecule has 1 aliphatic carbocycles. The van der Waals surface area contributed by atoms with E-state index in [-0.39, 0.29) is 0 Å². The average molecular weight is 212 g/mol. The van der Waals surface area contributed by atoms with Crippen molar-refractivity contribution in [2.24, 2.45) is 11.8 Å². The third-order valence-corrected chi connectivity index (χ3v) is 3.44. The zero-order chi connectivity index (χ0) is 11.3. The first-order chi connectivity index (χ1) is 7.19. The summed E-state index contributed by atoms with van der Waals surface area (Å²) in [4.78, 5) is 2.67. The van der Waals surface area contributed by atoms with Crippen LogP contribution in [-0.4, -0.2) is 37.1 Å². The number of rotatable bonds is 8. The molecule has 0 heterocycles. The maximum atomic E-state index is 3.50. The van der Waals surface area contributed by atoms with Crippen LogP contribution in [0.15, 0.2) is 0 Å². The van der Waals surface area contributed by atoms with Crippen molar-refractivity contribution in [2.45, 2.75) is 46.6 Å². The van der Waals surface area contributed by atoms with Crippen LogP contribution in [0.4, 0.5) is 0 Å². The van der Waals surface area contributed by atoms with E-state index in [1.807, 2.05) is 0 Å². The predicted octanol–water partition coefficient (Wildman–Crippen LogP) is 2.35. The van der Waals surface area contributed by atoms with Crippen molar-refractivity contribution in [3.05, 3.63) is 0 Å². The summed E-state index contributed by atoms with van der Waals surface area (Å²) in [6, 6.07) is 0.718. The van der Waals surface area contributed by atoms with Gasteiger partial charge in [-0.15, -0.1) is 0 Å². The number of nitrogens with zero attached hydrogens (tertiary/aromatic N) is 1. The summed E-state index contributed by atoms with van der Waals surface area (Å²) in [6.07, 6.45) is 2.92. The van der Waals surface area contributed by atoms with Gasteiger partial charge in [0.05, 0.1) is 0 Å². The summed E-state index contributed by atoms with van der Waals surface area (Å²) >= 11 is 0. The smallest absolute Gasteiger partial charge is 0.0243 e. The van der Waals surface area contributed by atoms with E-state index < -0.39 is 0 Å². The summed E-state index contributed by atoms with van der Waals surface area (Å²) in [5.41, 5.74) is 0. The minimum absolute atomic E-state index is 0.718. The molecule has 1 saturated carbocycles. The van der Waals surface area contributed by atoms with Gasteiger partial charge in [-0.1, -0.05) is 27.7 Å². The number of hydrogen-bond donors (Lipinski definition) is 1. The molecule has 0 amide bonds. The van der Waals surface area contributed by atoms with Crippen LogP contribution < -0.4 is 5.32 Å². The van der Waals surface area contributed by atoms with Crippen molar-refractivity contribution in [1.29, 1.82) is 0 Å². The molecule has 1 N–H and O–H groups in total. The topological polar surface area (TPSA) is 15.3 Å². The third-order valence-electron chi connectivity index (χ3n) is 3.44. The summed E-state index contributed by atoms with van der Waals surface area (Å²) < 4.78 is 0. The van der Waals surface area contributed by atoms with Crippen LogP contribution in [0.3, 0.4) is 0 Å². The van der Waals surface area contributed by atoms with Gasteiger partial charge < -0.3 is 5.32 Å². The zero-order valence-corrected chi connectivity index (χ0v) is 10.9. The maximum absolute atomic E-state index is 3.50. The third kappa shape index (κ3) is 4.52. The molecule has 1 rings (SSSR count). The fourth-order valence-electron chi connectivity index (χ4n) is 2.21. The standard InChI is InChI=1S/C13H28N2/c1-5-14-9-13(11(3)4)15(6-2)10-12-7-8-12/h11-14H,5-10H2,1-4H3. The van der Waals surface area contributed by atoms with E-state index in [1.165, 1.54) is 25.9 Å². The molecule has 1 aliphatic rings. The molecular weight excluding hydrogens is 184 g/mol. The van der Waals surface area contributed by atoms with E-state index in [9.17, 15) is 0 Å². The maximum Gasteiger partial charge on any atom is 0.0243 e. The fraction of sp³-hybridized carbons (Fsp3) is 1.00. The highest BCUT2D eigenvalue weighted by atomic mass is 15.2. The van der Waals surface area contributed by atoms with E-state index in [1.54, 1.807) is 0 Å². The van der Waals surface area contributed by atoms with Gasteiger partial charge in [0.1, 0.15) is 0 Å². The SMILES string of the molecule is CCNCC(C(C)C)N(CC)CC1CC1. The number of nitrogens with one attached hydrogen (secondary N) is 1. The second-order valence-electron chi connectivity index (χ2n) is 5.15. The average Bonchev–Trinajstić information content (AvgIpc) is 3.00. The molecule has 0 radical (unpaired) electrons. The second-order valence-corrected chi connectivity index (χ2v) is 5.15. The number of likely N-dealkylation sites (N-methyl/N-ethyl adjacent to an activating group) is 2. The summed E-state index contributed by atoms with van der Waals surface area (Å²) in [6.45, 7) is 13.9. The monoisotopic (exact) mass is 212 g/mol. The van der Waals surface area contributed by atoms with Crippen molar-refractivity contribution in [3.63, 3.8) is 0 Å². The Bertz CT molecular complexity index is 164. The largest absolute Gasteiger partial charge is 0.315 e. The van der Waals surface area contributed by atoms with E-state index in [4.69, 9.17) is 0 Å². The lowest BCUT2D eigenvalue weighted by molar-refractivity contribution is 0.153. The van der Waals surface area contributed by atoms with Gasteiger partial charge in [-0.2, -0.15) is 0 Å². The van der Waals surface area contributed by atoms with E-state index >= 15 is 0 Å². The Morgan fingerprint density at radius 2 is 1.93 bits per heavy atom. The molecule has 0 aromatic heterocycles. The first-order valence-corrected chi connectivity index (χ1v) is 6.63. The highest BCUT2D eigenvalue weighted by Crippen LogP contribution is 2.30. The first kappa shape index (κ1) is 13.0. The lowest BCUT2D eigenvalue weighted by Crippen LogP contribution is -2.46. The molecule has 0 aromatic carbocycles. The van der Waals surface area contributed by atoms with Gasteiger partial charge >= 0.3 is 0 Å². The minimum atomic E-state index is 0.718. The summed E-state index contributed by atoms with van der Waals surface area (Å²) in [7, 11) is 0. The van der Waals surface area contributed by atoms with Gasteiger partial charge in [-0.25, -0.2) is 0 Å². The van der Waals surface area contributed by atoms with Crippen molar-refractivity contribution >= 4 is 0 Å². The van der Waals surface area contributed by atoms with E-state index in [0.717, 1.165) is 31.0 Å². The Balaban J connectivity index is 2.41. The van der Waals surface area contributed by atoms with Crippen molar-refractivity contribution < 1.29 is 0 Å². The molecule has 2 heteroatoms. The Hall–Kier alpha value is -0.0800. The Kier molecular flexibility index (Phi) is 5.62. The summed E-state index contributed by atoms with van der Waals surface area (Å²) in [5, 5.41) is 3.50. The zero-order valence-electron chi connectivity index (χ0n) is 10.9. The van der Waals surface area contributed by atoms with Crippen LogP contribution in [0.25, 0.3) is 0 Å². The molecule has 2 nitrogen and oxygen atoms in total. The van der Waals surface area contributed by atoms with Crippen molar-refractivity contribution in [3.8, 4) is 0 Å². The van der Waals surface area contributed by atoms with Crippen LogP contribution in [0.5, 0.6) is 0 Å². The predicted molar refractivity (Wildman–Crippen MR) is 67.1 cm³/mol. The molecule has 1 unspecified atom stereocenters. The van der Waals surface area contributed by atoms with Crippen LogP contribution in [0, 0.1) is 11.8 Å². The Morgan fingerprint density at radius 1 is 1.27 bits per heavy atom. The Morgan fingerprint density at radius 3 is 2.33 bits per heavy atom. The van der Waals surface area contributed by atoms with Crippen molar-refractivity contribution in [2.75, 3.05) is 26.2 Å². The molecule has 0 bridgehead atoms. The molecule has 15 heavy (non-hydrogen) atoms. The fourth-order valence-corrected chi connectivity index (χ4v) is 2.21. The van der Waals surface area contributed by atoms with Gasteiger partial charge in [0, 0.05) is 19.1 Å². The van der Waals surface area contributed by atoms with Crippen LogP contribution in [-0.2, 0) is 0 Å². The molecule has 1 atom stereocenters. The molecule has 90 valence electrons. The minimum Gasteiger partial charge on any atom is -0.315 e. The van der Waals surface area contributed by atoms with Gasteiger partial charge in [0.15, 0.2) is 0 Å². The van der Waals surface area contributed by atoms with Crippen LogP contribution in [0.1, 0.15) is 40.5 Å². The van der Waals surface area contributed by atoms with E-state index in [2.05, 4.69) is 37.9 Å². The molecule has 0 saturated heterocycles. The second kappa shape index (κ2) is 6.49. The first-order valence-electron chi connectivity index (χ1n) is 6.63. The van der Waals surface area contributed by atoms with Crippen LogP contribution in [0.2, 0.25) is 0 Å². The summed E-state index contributed by atoms with van der Waals surface area (Å²) in [5.74, 6) is 1.76. The Labute approximate surface area is 95.4 Å². The molecule has 0 spiro atoms. The van der Waals surface area contributed by atoms with E-state index in [0.29, 0.717) is 0 Å². The highest BCUT2D eigenvalue weighted by Gasteiger charge is 2.28. The lowest BCUT2D eigenvalue weighted by atomic mass is 10.0. The van der Waals surface area contributed by atoms with Gasteiger partial charge in [-0.3, -0.25) is 4.90 Å². The molecule has 0 aromatic rings. The molecular formula is C13H28N2.